The van der Waals surface area contributed by atoms with Gasteiger partial charge in [-0.3, -0.25) is 4.79 Å². The Morgan fingerprint density at radius 2 is 1.83 bits per heavy atom. The van der Waals surface area contributed by atoms with Gasteiger partial charge in [-0.1, -0.05) is 31.2 Å². The fraction of sp³-hybridized carbons (Fsp3) is 0.350. The number of aromatic nitrogens is 2. The van der Waals surface area contributed by atoms with Gasteiger partial charge >= 0.3 is 0 Å². The fourth-order valence-corrected chi connectivity index (χ4v) is 5.65. The molecule has 0 radical (unpaired) electrons. The molecule has 30 heavy (non-hydrogen) atoms. The molecule has 0 spiro atoms. The molecule has 10 heteroatoms. The SMILES string of the molecule is CCc1ccccc1OCC(=O)N1CCN(S(=O)(=O)c2cccc3nsnc23)CC1. The molecule has 1 fully saturated rings. The average Bonchev–Trinajstić information content (AvgIpc) is 3.26. The number of piperazine rings is 1. The van der Waals surface area contributed by atoms with Gasteiger partial charge in [0.15, 0.2) is 6.61 Å². The van der Waals surface area contributed by atoms with Crippen LogP contribution in [0, 0.1) is 0 Å². The van der Waals surface area contributed by atoms with Gasteiger partial charge < -0.3 is 9.64 Å². The van der Waals surface area contributed by atoms with Crippen LogP contribution in [0.5, 0.6) is 5.75 Å². The first-order valence-corrected chi connectivity index (χ1v) is 11.9. The van der Waals surface area contributed by atoms with Crippen molar-refractivity contribution >= 4 is 38.7 Å². The van der Waals surface area contributed by atoms with E-state index in [1.165, 1.54) is 4.31 Å². The molecule has 0 saturated carbocycles. The molecule has 1 aliphatic rings. The molecule has 2 aromatic carbocycles. The van der Waals surface area contributed by atoms with Crippen LogP contribution in [0.4, 0.5) is 0 Å². The zero-order valence-electron chi connectivity index (χ0n) is 16.5. The van der Waals surface area contributed by atoms with Crippen LogP contribution in [0.1, 0.15) is 12.5 Å². The van der Waals surface area contributed by atoms with Crippen molar-refractivity contribution in [2.24, 2.45) is 0 Å². The van der Waals surface area contributed by atoms with Crippen molar-refractivity contribution in [1.82, 2.24) is 18.0 Å². The van der Waals surface area contributed by atoms with Crippen molar-refractivity contribution in [3.05, 3.63) is 48.0 Å². The largest absolute Gasteiger partial charge is 0.483 e. The Bertz CT molecular complexity index is 1150. The number of sulfonamides is 1. The Morgan fingerprint density at radius 1 is 1.07 bits per heavy atom. The summed E-state index contributed by atoms with van der Waals surface area (Å²) in [5.74, 6) is 0.559. The highest BCUT2D eigenvalue weighted by Gasteiger charge is 2.32. The minimum atomic E-state index is -3.70. The molecule has 0 aliphatic carbocycles. The van der Waals surface area contributed by atoms with Gasteiger partial charge in [-0.25, -0.2) is 8.42 Å². The Labute approximate surface area is 179 Å². The van der Waals surface area contributed by atoms with E-state index in [0.29, 0.717) is 29.9 Å². The van der Waals surface area contributed by atoms with Gasteiger partial charge in [0.25, 0.3) is 5.91 Å². The number of nitrogens with zero attached hydrogens (tertiary/aromatic N) is 4. The van der Waals surface area contributed by atoms with Gasteiger partial charge in [0.05, 0.1) is 11.7 Å². The third-order valence-corrected chi connectivity index (χ3v) is 7.64. The van der Waals surface area contributed by atoms with E-state index in [1.807, 2.05) is 31.2 Å². The number of benzene rings is 2. The van der Waals surface area contributed by atoms with E-state index in [-0.39, 0.29) is 30.5 Å². The molecular formula is C20H22N4O4S2. The topological polar surface area (TPSA) is 92.7 Å². The Morgan fingerprint density at radius 3 is 2.60 bits per heavy atom. The first-order valence-electron chi connectivity index (χ1n) is 9.70. The number of hydrogen-bond acceptors (Lipinski definition) is 7. The Kier molecular flexibility index (Phi) is 5.98. The molecule has 1 aromatic heterocycles. The lowest BCUT2D eigenvalue weighted by molar-refractivity contribution is -0.134. The van der Waals surface area contributed by atoms with Crippen molar-refractivity contribution in [3.63, 3.8) is 0 Å². The van der Waals surface area contributed by atoms with Gasteiger partial charge in [-0.05, 0) is 30.2 Å². The maximum Gasteiger partial charge on any atom is 0.260 e. The molecule has 1 aliphatic heterocycles. The standard InChI is InChI=1S/C20H22N4O4S2/c1-2-15-6-3-4-8-17(15)28-14-19(25)23-10-12-24(13-11-23)30(26,27)18-9-5-7-16-20(18)22-29-21-16/h3-9H,2,10-14H2,1H3. The Balaban J connectivity index is 1.38. The molecule has 0 bridgehead atoms. The molecule has 0 atom stereocenters. The van der Waals surface area contributed by atoms with Crippen LogP contribution in [0.2, 0.25) is 0 Å². The maximum atomic E-state index is 13.1. The molecule has 2 heterocycles. The third-order valence-electron chi connectivity index (χ3n) is 5.16. The number of carbonyl (C=O) groups excluding carboxylic acids is 1. The van der Waals surface area contributed by atoms with E-state index in [1.54, 1.807) is 23.1 Å². The summed E-state index contributed by atoms with van der Waals surface area (Å²) in [4.78, 5) is 14.4. The quantitative estimate of drug-likeness (QED) is 0.576. The van der Waals surface area contributed by atoms with Gasteiger partial charge in [0, 0.05) is 26.2 Å². The minimum absolute atomic E-state index is 0.0619. The van der Waals surface area contributed by atoms with Crippen LogP contribution in [0.15, 0.2) is 47.4 Å². The number of ether oxygens (including phenoxy) is 1. The molecule has 158 valence electrons. The number of carbonyl (C=O) groups is 1. The molecule has 1 amide bonds. The summed E-state index contributed by atoms with van der Waals surface area (Å²) in [6.07, 6.45) is 0.822. The van der Waals surface area contributed by atoms with E-state index < -0.39 is 10.0 Å². The van der Waals surface area contributed by atoms with Crippen LogP contribution >= 0.6 is 11.7 Å². The second kappa shape index (κ2) is 8.66. The lowest BCUT2D eigenvalue weighted by Gasteiger charge is -2.34. The molecule has 0 N–H and O–H groups in total. The van der Waals surface area contributed by atoms with Gasteiger partial charge in [-0.2, -0.15) is 13.1 Å². The van der Waals surface area contributed by atoms with E-state index in [2.05, 4.69) is 8.75 Å². The van der Waals surface area contributed by atoms with Crippen molar-refractivity contribution in [1.29, 1.82) is 0 Å². The third kappa shape index (κ3) is 4.03. The lowest BCUT2D eigenvalue weighted by Crippen LogP contribution is -2.51. The highest BCUT2D eigenvalue weighted by atomic mass is 32.2. The molecule has 4 rings (SSSR count). The van der Waals surface area contributed by atoms with Crippen LogP contribution in [-0.2, 0) is 21.2 Å². The molecule has 3 aromatic rings. The van der Waals surface area contributed by atoms with E-state index >= 15 is 0 Å². The number of fused-ring (bicyclic) bond motifs is 1. The summed E-state index contributed by atoms with van der Waals surface area (Å²) in [5.41, 5.74) is 2.01. The van der Waals surface area contributed by atoms with Crippen molar-refractivity contribution < 1.29 is 17.9 Å². The Hall–Kier alpha value is -2.56. The summed E-state index contributed by atoms with van der Waals surface area (Å²) in [6.45, 7) is 3.07. The molecule has 1 saturated heterocycles. The predicted molar refractivity (Wildman–Crippen MR) is 114 cm³/mol. The number of hydrogen-bond donors (Lipinski definition) is 0. The first-order chi connectivity index (χ1) is 14.5. The average molecular weight is 447 g/mol. The summed E-state index contributed by atoms with van der Waals surface area (Å²) in [7, 11) is -3.70. The van der Waals surface area contributed by atoms with Crippen LogP contribution in [0.25, 0.3) is 11.0 Å². The van der Waals surface area contributed by atoms with Crippen LogP contribution in [-0.4, -0.2) is 65.1 Å². The zero-order chi connectivity index (χ0) is 21.1. The fourth-order valence-electron chi connectivity index (χ4n) is 3.47. The normalized spacial score (nSPS) is 15.4. The molecule has 8 nitrogen and oxygen atoms in total. The second-order valence-corrected chi connectivity index (χ2v) is 9.36. The number of rotatable bonds is 6. The minimum Gasteiger partial charge on any atom is -0.483 e. The number of amides is 1. The monoisotopic (exact) mass is 446 g/mol. The van der Waals surface area contributed by atoms with Crippen LogP contribution < -0.4 is 4.74 Å². The van der Waals surface area contributed by atoms with Gasteiger partial charge in [-0.15, -0.1) is 0 Å². The van der Waals surface area contributed by atoms with Gasteiger partial charge in [0.2, 0.25) is 10.0 Å². The number of para-hydroxylation sites is 1. The second-order valence-electron chi connectivity index (χ2n) is 6.92. The van der Waals surface area contributed by atoms with E-state index in [0.717, 1.165) is 23.7 Å². The lowest BCUT2D eigenvalue weighted by atomic mass is 10.1. The predicted octanol–water partition coefficient (Wildman–Crippen LogP) is 2.17. The highest BCUT2D eigenvalue weighted by Crippen LogP contribution is 2.25. The first kappa shape index (κ1) is 20.7. The van der Waals surface area contributed by atoms with E-state index in [9.17, 15) is 13.2 Å². The van der Waals surface area contributed by atoms with Crippen molar-refractivity contribution in [3.8, 4) is 5.75 Å². The molecular weight excluding hydrogens is 424 g/mol. The smallest absolute Gasteiger partial charge is 0.260 e. The summed E-state index contributed by atoms with van der Waals surface area (Å²) < 4.78 is 41.5. The summed E-state index contributed by atoms with van der Waals surface area (Å²) in [6, 6.07) is 12.6. The van der Waals surface area contributed by atoms with Crippen molar-refractivity contribution in [2.45, 2.75) is 18.2 Å². The number of aryl methyl sites for hydroxylation is 1. The van der Waals surface area contributed by atoms with Crippen LogP contribution in [0.3, 0.4) is 0 Å². The molecule has 0 unspecified atom stereocenters. The zero-order valence-corrected chi connectivity index (χ0v) is 18.2. The maximum absolute atomic E-state index is 13.1. The van der Waals surface area contributed by atoms with E-state index in [4.69, 9.17) is 4.74 Å². The van der Waals surface area contributed by atoms with Gasteiger partial charge in [0.1, 0.15) is 21.7 Å². The summed E-state index contributed by atoms with van der Waals surface area (Å²) >= 11 is 0.990. The summed E-state index contributed by atoms with van der Waals surface area (Å²) in [5, 5.41) is 0. The highest BCUT2D eigenvalue weighted by molar-refractivity contribution is 7.89. The van der Waals surface area contributed by atoms with Crippen molar-refractivity contribution in [2.75, 3.05) is 32.8 Å².